The van der Waals surface area contributed by atoms with Crippen LogP contribution in [-0.2, 0) is 4.79 Å². The number of carboxylic acids is 1. The summed E-state index contributed by atoms with van der Waals surface area (Å²) in [7, 11) is 4.87. The molecule has 0 bridgehead atoms. The number of likely N-dealkylation sites (N-methyl/N-ethyl adjacent to an activating group) is 1. The molecule has 0 aromatic heterocycles. The van der Waals surface area contributed by atoms with E-state index in [2.05, 4.69) is 0 Å². The lowest BCUT2D eigenvalue weighted by molar-refractivity contribution is -0.138. The molecule has 1 aromatic rings. The van der Waals surface area contributed by atoms with Gasteiger partial charge < -0.3 is 19.5 Å². The molecule has 0 aliphatic rings. The first-order valence-electron chi connectivity index (χ1n) is 5.60. The van der Waals surface area contributed by atoms with E-state index in [1.165, 1.54) is 0 Å². The minimum absolute atomic E-state index is 0.599. The number of ether oxygens (including phenoxy) is 2. The van der Waals surface area contributed by atoms with E-state index < -0.39 is 12.0 Å². The fourth-order valence-corrected chi connectivity index (χ4v) is 1.80. The van der Waals surface area contributed by atoms with Gasteiger partial charge in [-0.2, -0.15) is 0 Å². The molecule has 0 saturated heterocycles. The van der Waals surface area contributed by atoms with Crippen molar-refractivity contribution < 1.29 is 19.4 Å². The molecule has 5 nitrogen and oxygen atoms in total. The summed E-state index contributed by atoms with van der Waals surface area (Å²) < 4.78 is 10.5. The summed E-state index contributed by atoms with van der Waals surface area (Å²) in [4.78, 5) is 12.7. The predicted molar refractivity (Wildman–Crippen MR) is 69.8 cm³/mol. The number of carbonyl (C=O) groups is 1. The maximum absolute atomic E-state index is 11.0. The van der Waals surface area contributed by atoms with Crippen LogP contribution < -0.4 is 14.4 Å². The zero-order valence-corrected chi connectivity index (χ0v) is 11.4. The minimum Gasteiger partial charge on any atom is -0.497 e. The Balaban J connectivity index is 3.26. The third-order valence-corrected chi connectivity index (χ3v) is 2.99. The lowest BCUT2D eigenvalue weighted by Crippen LogP contribution is -2.36. The first kappa shape index (κ1) is 14.2. The van der Waals surface area contributed by atoms with Gasteiger partial charge in [0.25, 0.3) is 0 Å². The van der Waals surface area contributed by atoms with Crippen molar-refractivity contribution >= 4 is 11.7 Å². The highest BCUT2D eigenvalue weighted by atomic mass is 16.5. The molecule has 100 valence electrons. The summed E-state index contributed by atoms with van der Waals surface area (Å²) in [5, 5.41) is 9.06. The number of anilines is 1. The van der Waals surface area contributed by atoms with Crippen LogP contribution in [0.15, 0.2) is 12.1 Å². The van der Waals surface area contributed by atoms with Gasteiger partial charge in [-0.05, 0) is 25.5 Å². The van der Waals surface area contributed by atoms with Crippen LogP contribution >= 0.6 is 0 Å². The van der Waals surface area contributed by atoms with Gasteiger partial charge in [0.2, 0.25) is 0 Å². The van der Waals surface area contributed by atoms with Gasteiger partial charge in [-0.25, -0.2) is 4.79 Å². The Morgan fingerprint density at radius 3 is 2.39 bits per heavy atom. The van der Waals surface area contributed by atoms with E-state index >= 15 is 0 Å². The lowest BCUT2D eigenvalue weighted by atomic mass is 10.1. The second kappa shape index (κ2) is 5.62. The van der Waals surface area contributed by atoms with E-state index in [4.69, 9.17) is 14.6 Å². The van der Waals surface area contributed by atoms with Crippen LogP contribution in [0.2, 0.25) is 0 Å². The number of aliphatic carboxylic acids is 1. The molecule has 18 heavy (non-hydrogen) atoms. The highest BCUT2D eigenvalue weighted by Crippen LogP contribution is 2.36. The maximum Gasteiger partial charge on any atom is 0.326 e. The Kier molecular flexibility index (Phi) is 4.42. The molecule has 0 spiro atoms. The van der Waals surface area contributed by atoms with Crippen molar-refractivity contribution in [2.75, 3.05) is 26.2 Å². The van der Waals surface area contributed by atoms with Gasteiger partial charge in [-0.3, -0.25) is 0 Å². The van der Waals surface area contributed by atoms with Crippen LogP contribution in [0.3, 0.4) is 0 Å². The molecule has 5 heteroatoms. The molecule has 0 amide bonds. The van der Waals surface area contributed by atoms with Crippen LogP contribution in [0, 0.1) is 6.92 Å². The molecule has 1 atom stereocenters. The van der Waals surface area contributed by atoms with E-state index in [0.717, 1.165) is 11.3 Å². The first-order valence-corrected chi connectivity index (χ1v) is 5.60. The Labute approximate surface area is 107 Å². The molecule has 0 heterocycles. The summed E-state index contributed by atoms with van der Waals surface area (Å²) in [6.07, 6.45) is 0. The van der Waals surface area contributed by atoms with E-state index in [1.807, 2.05) is 13.0 Å². The van der Waals surface area contributed by atoms with Crippen molar-refractivity contribution in [2.45, 2.75) is 19.9 Å². The largest absolute Gasteiger partial charge is 0.497 e. The zero-order chi connectivity index (χ0) is 13.9. The molecular weight excluding hydrogens is 234 g/mol. The average molecular weight is 253 g/mol. The van der Waals surface area contributed by atoms with Gasteiger partial charge in [0.15, 0.2) is 0 Å². The summed E-state index contributed by atoms with van der Waals surface area (Å²) in [6.45, 7) is 3.52. The number of rotatable bonds is 5. The SMILES string of the molecule is COc1cc(C)c(N(C)C(C)C(=O)O)c(OC)c1. The molecule has 0 aliphatic heterocycles. The fraction of sp³-hybridized carbons (Fsp3) is 0.462. The van der Waals surface area contributed by atoms with Crippen LogP contribution in [0.5, 0.6) is 11.5 Å². The van der Waals surface area contributed by atoms with Crippen LogP contribution in [0.4, 0.5) is 5.69 Å². The molecule has 1 rings (SSSR count). The highest BCUT2D eigenvalue weighted by Gasteiger charge is 2.22. The van der Waals surface area contributed by atoms with Crippen molar-refractivity contribution in [3.63, 3.8) is 0 Å². The van der Waals surface area contributed by atoms with E-state index in [-0.39, 0.29) is 0 Å². The molecule has 0 saturated carbocycles. The Bertz CT molecular complexity index is 445. The van der Waals surface area contributed by atoms with Crippen molar-refractivity contribution in [2.24, 2.45) is 0 Å². The molecule has 0 fully saturated rings. The molecule has 0 radical (unpaired) electrons. The Morgan fingerprint density at radius 2 is 1.94 bits per heavy atom. The second-order valence-electron chi connectivity index (χ2n) is 4.12. The molecule has 1 N–H and O–H groups in total. The number of benzene rings is 1. The molecule has 1 aromatic carbocycles. The fourth-order valence-electron chi connectivity index (χ4n) is 1.80. The Morgan fingerprint density at radius 1 is 1.33 bits per heavy atom. The number of methoxy groups -OCH3 is 2. The number of nitrogens with zero attached hydrogens (tertiary/aromatic N) is 1. The summed E-state index contributed by atoms with van der Waals surface area (Å²) in [5.41, 5.74) is 1.66. The van der Waals surface area contributed by atoms with Crippen molar-refractivity contribution in [3.8, 4) is 11.5 Å². The van der Waals surface area contributed by atoms with Crippen molar-refractivity contribution in [3.05, 3.63) is 17.7 Å². The van der Waals surface area contributed by atoms with Crippen molar-refractivity contribution in [1.82, 2.24) is 0 Å². The average Bonchev–Trinajstić information content (AvgIpc) is 2.35. The van der Waals surface area contributed by atoms with Gasteiger partial charge in [0, 0.05) is 13.1 Å². The third kappa shape index (κ3) is 2.67. The maximum atomic E-state index is 11.0. The zero-order valence-electron chi connectivity index (χ0n) is 11.4. The summed E-state index contributed by atoms with van der Waals surface area (Å²) in [6, 6.07) is 2.96. The second-order valence-corrected chi connectivity index (χ2v) is 4.12. The van der Waals surface area contributed by atoms with E-state index in [0.29, 0.717) is 11.5 Å². The number of hydrogen-bond acceptors (Lipinski definition) is 4. The number of hydrogen-bond donors (Lipinski definition) is 1. The van der Waals surface area contributed by atoms with E-state index in [9.17, 15) is 4.79 Å². The summed E-state index contributed by atoms with van der Waals surface area (Å²) in [5.74, 6) is 0.404. The van der Waals surface area contributed by atoms with Gasteiger partial charge in [-0.1, -0.05) is 0 Å². The molecular formula is C13H19NO4. The third-order valence-electron chi connectivity index (χ3n) is 2.99. The normalized spacial score (nSPS) is 11.8. The first-order chi connectivity index (χ1) is 8.42. The standard InChI is InChI=1S/C13H19NO4/c1-8-6-10(17-4)7-11(18-5)12(8)14(3)9(2)13(15)16/h6-7,9H,1-5H3,(H,15,16). The lowest BCUT2D eigenvalue weighted by Gasteiger charge is -2.27. The highest BCUT2D eigenvalue weighted by molar-refractivity contribution is 5.79. The van der Waals surface area contributed by atoms with Crippen LogP contribution in [-0.4, -0.2) is 38.4 Å². The Hall–Kier alpha value is -1.91. The van der Waals surface area contributed by atoms with Crippen molar-refractivity contribution in [1.29, 1.82) is 0 Å². The number of aryl methyl sites for hydroxylation is 1. The molecule has 0 aliphatic carbocycles. The van der Waals surface area contributed by atoms with Gasteiger partial charge in [0.1, 0.15) is 17.5 Å². The number of carboxylic acid groups (broad SMARTS) is 1. The topological polar surface area (TPSA) is 59.0 Å². The quantitative estimate of drug-likeness (QED) is 0.868. The summed E-state index contributed by atoms with van der Waals surface area (Å²) >= 11 is 0. The monoisotopic (exact) mass is 253 g/mol. The minimum atomic E-state index is -0.880. The van der Waals surface area contributed by atoms with Crippen LogP contribution in [0.25, 0.3) is 0 Å². The smallest absolute Gasteiger partial charge is 0.326 e. The van der Waals surface area contributed by atoms with E-state index in [1.54, 1.807) is 39.2 Å². The molecule has 1 unspecified atom stereocenters. The van der Waals surface area contributed by atoms with Crippen LogP contribution in [0.1, 0.15) is 12.5 Å². The predicted octanol–water partition coefficient (Wildman–Crippen LogP) is 1.92. The van der Waals surface area contributed by atoms with Gasteiger partial charge >= 0.3 is 5.97 Å². The van der Waals surface area contributed by atoms with Gasteiger partial charge in [-0.15, -0.1) is 0 Å². The van der Waals surface area contributed by atoms with Gasteiger partial charge in [0.05, 0.1) is 19.9 Å².